The fourth-order valence-electron chi connectivity index (χ4n) is 2.43. The van der Waals surface area contributed by atoms with E-state index >= 15 is 0 Å². The van der Waals surface area contributed by atoms with Crippen LogP contribution in [-0.2, 0) is 22.6 Å². The summed E-state index contributed by atoms with van der Waals surface area (Å²) in [6.07, 6.45) is 0.758. The van der Waals surface area contributed by atoms with Gasteiger partial charge < -0.3 is 15.5 Å². The number of hydrogen-bond donors (Lipinski definition) is 2. The highest BCUT2D eigenvalue weighted by Gasteiger charge is 2.11. The zero-order valence-corrected chi connectivity index (χ0v) is 14.0. The topological polar surface area (TPSA) is 120 Å². The van der Waals surface area contributed by atoms with Crippen molar-refractivity contribution < 1.29 is 14.0 Å². The Hall–Kier alpha value is -2.94. The Morgan fingerprint density at radius 2 is 2.12 bits per heavy atom. The van der Waals surface area contributed by atoms with Gasteiger partial charge in [-0.25, -0.2) is 9.78 Å². The quantitative estimate of drug-likeness (QED) is 0.661. The van der Waals surface area contributed by atoms with Crippen molar-refractivity contribution in [3.8, 4) is 0 Å². The van der Waals surface area contributed by atoms with E-state index in [2.05, 4.69) is 10.3 Å². The molecule has 9 heteroatoms. The number of fused-ring (bicyclic) bond motifs is 1. The van der Waals surface area contributed by atoms with Crippen molar-refractivity contribution in [2.75, 3.05) is 5.32 Å². The molecular weight excluding hydrogens is 344 g/mol. The van der Waals surface area contributed by atoms with Crippen LogP contribution in [0.4, 0.5) is 5.13 Å². The number of aryl methyl sites for hydroxylation is 1. The second kappa shape index (κ2) is 7.31. The third-order valence-electron chi connectivity index (χ3n) is 3.51. The number of rotatable bonds is 7. The van der Waals surface area contributed by atoms with Crippen molar-refractivity contribution in [2.45, 2.75) is 25.8 Å². The first-order valence-corrected chi connectivity index (χ1v) is 8.52. The van der Waals surface area contributed by atoms with Crippen LogP contribution in [-0.4, -0.2) is 21.4 Å². The Kier molecular flexibility index (Phi) is 4.94. The van der Waals surface area contributed by atoms with Gasteiger partial charge in [0.1, 0.15) is 0 Å². The number of benzene rings is 1. The molecule has 0 atom stereocenters. The van der Waals surface area contributed by atoms with Crippen molar-refractivity contribution in [3.05, 3.63) is 45.9 Å². The summed E-state index contributed by atoms with van der Waals surface area (Å²) >= 11 is 1.23. The highest BCUT2D eigenvalue weighted by Crippen LogP contribution is 2.16. The van der Waals surface area contributed by atoms with Crippen LogP contribution in [0.1, 0.15) is 18.5 Å². The van der Waals surface area contributed by atoms with Gasteiger partial charge in [0, 0.05) is 18.3 Å². The molecule has 0 fully saturated rings. The van der Waals surface area contributed by atoms with Gasteiger partial charge in [-0.2, -0.15) is 0 Å². The van der Waals surface area contributed by atoms with Crippen molar-refractivity contribution >= 4 is 39.4 Å². The zero-order chi connectivity index (χ0) is 17.8. The van der Waals surface area contributed by atoms with Crippen LogP contribution in [0.3, 0.4) is 0 Å². The summed E-state index contributed by atoms with van der Waals surface area (Å²) in [4.78, 5) is 38.8. The smallest absolute Gasteiger partial charge is 0.408 e. The number of nitrogens with one attached hydrogen (secondary N) is 1. The Bertz CT molecular complexity index is 972. The molecule has 0 saturated heterocycles. The van der Waals surface area contributed by atoms with Gasteiger partial charge in [-0.15, -0.1) is 11.3 Å². The Morgan fingerprint density at radius 1 is 1.32 bits per heavy atom. The van der Waals surface area contributed by atoms with Crippen LogP contribution in [0.25, 0.3) is 11.1 Å². The van der Waals surface area contributed by atoms with Gasteiger partial charge in [-0.05, 0) is 18.6 Å². The first-order chi connectivity index (χ1) is 12.0. The molecule has 2 aromatic heterocycles. The minimum absolute atomic E-state index is 0.0445. The van der Waals surface area contributed by atoms with Crippen LogP contribution in [0, 0.1) is 0 Å². The predicted octanol–water partition coefficient (Wildman–Crippen LogP) is 1.50. The average molecular weight is 360 g/mol. The largest absolute Gasteiger partial charge is 0.419 e. The minimum Gasteiger partial charge on any atom is -0.408 e. The molecule has 3 aromatic rings. The minimum atomic E-state index is -0.471. The maximum absolute atomic E-state index is 12.0. The number of nitrogens with two attached hydrogens (primary N) is 1. The third-order valence-corrected chi connectivity index (χ3v) is 4.32. The summed E-state index contributed by atoms with van der Waals surface area (Å²) in [5.74, 6) is -1.11. The molecular formula is C16H16N4O4S. The molecule has 0 radical (unpaired) electrons. The summed E-state index contributed by atoms with van der Waals surface area (Å²) in [5, 5.41) is 4.77. The lowest BCUT2D eigenvalue weighted by atomic mass is 10.3. The van der Waals surface area contributed by atoms with E-state index in [0.717, 1.165) is 0 Å². The van der Waals surface area contributed by atoms with Gasteiger partial charge in [0.15, 0.2) is 10.7 Å². The standard InChI is InChI=1S/C16H16N4O4S/c17-13(21)8-10-9-25-15(18-10)19-14(22)6-3-7-20-11-4-1-2-5-12(11)24-16(20)23/h1-2,4-5,9H,3,6-8H2,(H2,17,21)(H,18,19,22). The van der Waals surface area contributed by atoms with Gasteiger partial charge in [-0.1, -0.05) is 12.1 Å². The number of amides is 2. The number of aromatic nitrogens is 2. The normalized spacial score (nSPS) is 10.9. The third kappa shape index (κ3) is 4.13. The number of carbonyl (C=O) groups is 2. The average Bonchev–Trinajstić information content (AvgIpc) is 3.11. The van der Waals surface area contributed by atoms with E-state index in [9.17, 15) is 14.4 Å². The molecule has 3 rings (SSSR count). The molecule has 2 heterocycles. The van der Waals surface area contributed by atoms with Gasteiger partial charge >= 0.3 is 5.76 Å². The maximum Gasteiger partial charge on any atom is 0.419 e. The molecule has 8 nitrogen and oxygen atoms in total. The number of anilines is 1. The fourth-order valence-corrected chi connectivity index (χ4v) is 3.16. The molecule has 0 aliphatic carbocycles. The van der Waals surface area contributed by atoms with E-state index in [1.807, 2.05) is 6.07 Å². The number of thiazole rings is 1. The molecule has 0 spiro atoms. The molecule has 25 heavy (non-hydrogen) atoms. The molecule has 0 aliphatic rings. The molecule has 0 aliphatic heterocycles. The van der Waals surface area contributed by atoms with E-state index in [1.165, 1.54) is 15.9 Å². The van der Waals surface area contributed by atoms with E-state index in [0.29, 0.717) is 34.9 Å². The van der Waals surface area contributed by atoms with Gasteiger partial charge in [0.05, 0.1) is 17.6 Å². The molecule has 1 aromatic carbocycles. The molecule has 130 valence electrons. The van der Waals surface area contributed by atoms with Gasteiger partial charge in [0.25, 0.3) is 0 Å². The lowest BCUT2D eigenvalue weighted by molar-refractivity contribution is -0.117. The number of hydrogen-bond acceptors (Lipinski definition) is 6. The zero-order valence-electron chi connectivity index (χ0n) is 13.2. The summed E-state index contributed by atoms with van der Waals surface area (Å²) in [5.41, 5.74) is 6.87. The highest BCUT2D eigenvalue weighted by molar-refractivity contribution is 7.13. The molecule has 0 saturated carbocycles. The summed E-state index contributed by atoms with van der Waals surface area (Å²) in [6.45, 7) is 0.383. The van der Waals surface area contributed by atoms with Crippen molar-refractivity contribution in [1.82, 2.24) is 9.55 Å². The van der Waals surface area contributed by atoms with E-state index < -0.39 is 11.7 Å². The number of carbonyl (C=O) groups excluding carboxylic acids is 2. The van der Waals surface area contributed by atoms with Crippen LogP contribution in [0.2, 0.25) is 0 Å². The van der Waals surface area contributed by atoms with Gasteiger partial charge in [0.2, 0.25) is 11.8 Å². The lowest BCUT2D eigenvalue weighted by Gasteiger charge is -2.03. The predicted molar refractivity (Wildman–Crippen MR) is 93.4 cm³/mol. The number of nitrogens with zero attached hydrogens (tertiary/aromatic N) is 2. The first kappa shape index (κ1) is 16.9. The molecule has 3 N–H and O–H groups in total. The number of oxazole rings is 1. The van der Waals surface area contributed by atoms with Crippen LogP contribution < -0.4 is 16.8 Å². The Morgan fingerprint density at radius 3 is 2.92 bits per heavy atom. The van der Waals surface area contributed by atoms with Crippen LogP contribution in [0.15, 0.2) is 38.9 Å². The summed E-state index contributed by atoms with van der Waals surface area (Å²) in [7, 11) is 0. The van der Waals surface area contributed by atoms with Crippen LogP contribution in [0.5, 0.6) is 0 Å². The van der Waals surface area contributed by atoms with E-state index in [4.69, 9.17) is 10.2 Å². The second-order valence-electron chi connectivity index (χ2n) is 5.43. The Balaban J connectivity index is 1.54. The maximum atomic E-state index is 12.0. The van der Waals surface area contributed by atoms with Crippen molar-refractivity contribution in [2.24, 2.45) is 5.73 Å². The summed E-state index contributed by atoms with van der Waals surface area (Å²) < 4.78 is 6.66. The highest BCUT2D eigenvalue weighted by atomic mass is 32.1. The van der Waals surface area contributed by atoms with Crippen LogP contribution >= 0.6 is 11.3 Å². The molecule has 0 unspecified atom stereocenters. The van der Waals surface area contributed by atoms with E-state index in [-0.39, 0.29) is 18.7 Å². The molecule has 2 amide bonds. The van der Waals surface area contributed by atoms with Gasteiger partial charge in [-0.3, -0.25) is 14.2 Å². The van der Waals surface area contributed by atoms with E-state index in [1.54, 1.807) is 23.6 Å². The Labute approximate surface area is 146 Å². The number of para-hydroxylation sites is 2. The molecule has 0 bridgehead atoms. The van der Waals surface area contributed by atoms with Crippen molar-refractivity contribution in [3.63, 3.8) is 0 Å². The second-order valence-corrected chi connectivity index (χ2v) is 6.28. The summed E-state index contributed by atoms with van der Waals surface area (Å²) in [6, 6.07) is 7.15. The first-order valence-electron chi connectivity index (χ1n) is 7.64. The lowest BCUT2D eigenvalue weighted by Crippen LogP contribution is -2.17. The van der Waals surface area contributed by atoms with Crippen molar-refractivity contribution in [1.29, 1.82) is 0 Å². The monoisotopic (exact) mass is 360 g/mol. The SMILES string of the molecule is NC(=O)Cc1csc(NC(=O)CCCn2c(=O)oc3ccccc32)n1. The number of primary amides is 1. The fraction of sp³-hybridized carbons (Fsp3) is 0.250.